The minimum atomic E-state index is -3.59. The van der Waals surface area contributed by atoms with Crippen molar-refractivity contribution in [3.8, 4) is 0 Å². The van der Waals surface area contributed by atoms with Gasteiger partial charge in [-0.3, -0.25) is 0 Å². The summed E-state index contributed by atoms with van der Waals surface area (Å²) < 4.78 is 26.6. The highest BCUT2D eigenvalue weighted by Crippen LogP contribution is 2.24. The minimum absolute atomic E-state index is 0.252. The van der Waals surface area contributed by atoms with E-state index in [4.69, 9.17) is 0 Å². The van der Waals surface area contributed by atoms with Gasteiger partial charge in [0.15, 0.2) is 0 Å². The number of aryl methyl sites for hydroxylation is 1. The second-order valence-electron chi connectivity index (χ2n) is 5.05. The maximum Gasteiger partial charge on any atom is 0.286 e. The van der Waals surface area contributed by atoms with Crippen LogP contribution in [-0.4, -0.2) is 19.2 Å². The van der Waals surface area contributed by atoms with Gasteiger partial charge in [-0.15, -0.1) is 11.3 Å². The van der Waals surface area contributed by atoms with Gasteiger partial charge >= 0.3 is 0 Å². The summed E-state index contributed by atoms with van der Waals surface area (Å²) in [5, 5.41) is 6.74. The van der Waals surface area contributed by atoms with E-state index in [0.29, 0.717) is 0 Å². The standard InChI is InChI=1S/C16H17N3O2S2/c1-3-19-12(2)14(13-7-4-5-8-15(13)19)11-17-18-23(20,21)16-9-6-10-22-16/h4-11,18H,3H2,1-2H3/b17-11+. The van der Waals surface area contributed by atoms with Gasteiger partial charge < -0.3 is 4.57 Å². The summed E-state index contributed by atoms with van der Waals surface area (Å²) in [6.07, 6.45) is 1.58. The molecule has 1 N–H and O–H groups in total. The Morgan fingerprint density at radius 3 is 2.74 bits per heavy atom. The lowest BCUT2D eigenvalue weighted by Crippen LogP contribution is -2.17. The zero-order valence-corrected chi connectivity index (χ0v) is 14.5. The van der Waals surface area contributed by atoms with Crippen LogP contribution in [0.25, 0.3) is 10.9 Å². The van der Waals surface area contributed by atoms with Crippen molar-refractivity contribution in [1.82, 2.24) is 9.40 Å². The molecule has 0 spiro atoms. The van der Waals surface area contributed by atoms with Crippen molar-refractivity contribution in [1.29, 1.82) is 0 Å². The zero-order chi connectivity index (χ0) is 16.4. The highest BCUT2D eigenvalue weighted by molar-refractivity contribution is 7.91. The smallest absolute Gasteiger partial charge is 0.286 e. The lowest BCUT2D eigenvalue weighted by molar-refractivity contribution is 0.587. The van der Waals surface area contributed by atoms with E-state index in [2.05, 4.69) is 27.5 Å². The van der Waals surface area contributed by atoms with E-state index in [-0.39, 0.29) is 4.21 Å². The molecule has 0 aliphatic heterocycles. The average Bonchev–Trinajstić information content (AvgIpc) is 3.15. The van der Waals surface area contributed by atoms with Crippen LogP contribution in [0.3, 0.4) is 0 Å². The molecule has 0 bridgehead atoms. The number of thiophene rings is 1. The Bertz CT molecular complexity index is 955. The first-order chi connectivity index (χ1) is 11.0. The Kier molecular flexibility index (Phi) is 4.23. The molecular weight excluding hydrogens is 330 g/mol. The summed E-state index contributed by atoms with van der Waals surface area (Å²) in [4.78, 5) is 2.27. The van der Waals surface area contributed by atoms with E-state index in [1.54, 1.807) is 23.7 Å². The number of rotatable bonds is 5. The van der Waals surface area contributed by atoms with E-state index in [0.717, 1.165) is 40.0 Å². The maximum atomic E-state index is 12.1. The summed E-state index contributed by atoms with van der Waals surface area (Å²) in [6, 6.07) is 11.3. The summed E-state index contributed by atoms with van der Waals surface area (Å²) in [6.45, 7) is 4.94. The third-order valence-electron chi connectivity index (χ3n) is 3.72. The number of hydrogen-bond acceptors (Lipinski definition) is 4. The number of aromatic nitrogens is 1. The summed E-state index contributed by atoms with van der Waals surface area (Å²) in [5.41, 5.74) is 3.11. The molecule has 120 valence electrons. The molecule has 5 nitrogen and oxygen atoms in total. The van der Waals surface area contributed by atoms with Crippen LogP contribution in [0.4, 0.5) is 0 Å². The molecule has 3 aromatic rings. The normalized spacial score (nSPS) is 12.3. The van der Waals surface area contributed by atoms with Crippen molar-refractivity contribution in [2.24, 2.45) is 5.10 Å². The lowest BCUT2D eigenvalue weighted by atomic mass is 10.1. The Balaban J connectivity index is 1.95. The first kappa shape index (κ1) is 15.8. The number of hydrogen-bond donors (Lipinski definition) is 1. The molecule has 1 aromatic carbocycles. The number of hydrazone groups is 1. The van der Waals surface area contributed by atoms with Gasteiger partial charge in [0.1, 0.15) is 4.21 Å². The Morgan fingerprint density at radius 2 is 2.04 bits per heavy atom. The highest BCUT2D eigenvalue weighted by atomic mass is 32.2. The second-order valence-corrected chi connectivity index (χ2v) is 7.88. The Morgan fingerprint density at radius 1 is 1.26 bits per heavy atom. The molecule has 0 aliphatic rings. The van der Waals surface area contributed by atoms with Gasteiger partial charge in [-0.05, 0) is 31.4 Å². The van der Waals surface area contributed by atoms with Crippen molar-refractivity contribution >= 4 is 38.5 Å². The van der Waals surface area contributed by atoms with E-state index in [9.17, 15) is 8.42 Å². The van der Waals surface area contributed by atoms with Crippen molar-refractivity contribution in [2.75, 3.05) is 0 Å². The molecule has 0 atom stereocenters. The van der Waals surface area contributed by atoms with Gasteiger partial charge in [-0.2, -0.15) is 18.4 Å². The predicted octanol–water partition coefficient (Wildman–Crippen LogP) is 3.34. The molecular formula is C16H17N3O2S2. The lowest BCUT2D eigenvalue weighted by Gasteiger charge is -2.03. The molecule has 0 unspecified atom stereocenters. The van der Waals surface area contributed by atoms with E-state index < -0.39 is 10.0 Å². The summed E-state index contributed by atoms with van der Waals surface area (Å²) in [5.74, 6) is 0. The van der Waals surface area contributed by atoms with Crippen LogP contribution in [-0.2, 0) is 16.6 Å². The topological polar surface area (TPSA) is 63.5 Å². The number of nitrogens with one attached hydrogen (secondary N) is 1. The molecule has 2 heterocycles. The molecule has 7 heteroatoms. The van der Waals surface area contributed by atoms with Gasteiger partial charge in [0.25, 0.3) is 10.0 Å². The third kappa shape index (κ3) is 2.89. The van der Waals surface area contributed by atoms with Gasteiger partial charge in [0.05, 0.1) is 6.21 Å². The van der Waals surface area contributed by atoms with Gasteiger partial charge in [-0.1, -0.05) is 24.3 Å². The monoisotopic (exact) mass is 347 g/mol. The molecule has 0 radical (unpaired) electrons. The third-order valence-corrected chi connectivity index (χ3v) is 6.34. The van der Waals surface area contributed by atoms with Crippen LogP contribution in [0.1, 0.15) is 18.2 Å². The first-order valence-corrected chi connectivity index (χ1v) is 9.57. The second kappa shape index (κ2) is 6.17. The quantitative estimate of drug-likeness (QED) is 0.568. The fourth-order valence-electron chi connectivity index (χ4n) is 2.65. The zero-order valence-electron chi connectivity index (χ0n) is 12.9. The Hall–Kier alpha value is -2.12. The Labute approximate surface area is 139 Å². The van der Waals surface area contributed by atoms with Gasteiger partial charge in [0, 0.05) is 28.7 Å². The minimum Gasteiger partial charge on any atom is -0.344 e. The molecule has 0 fully saturated rings. The van der Waals surface area contributed by atoms with Crippen molar-refractivity contribution in [2.45, 2.75) is 24.6 Å². The van der Waals surface area contributed by atoms with Crippen molar-refractivity contribution < 1.29 is 8.42 Å². The average molecular weight is 347 g/mol. The fourth-order valence-corrected chi connectivity index (χ4v) is 4.42. The number of nitrogens with zero attached hydrogens (tertiary/aromatic N) is 2. The summed E-state index contributed by atoms with van der Waals surface area (Å²) >= 11 is 1.16. The van der Waals surface area contributed by atoms with Gasteiger partial charge in [0.2, 0.25) is 0 Å². The molecule has 0 saturated heterocycles. The molecule has 0 aliphatic carbocycles. The van der Waals surface area contributed by atoms with Crippen LogP contribution in [0, 0.1) is 6.92 Å². The van der Waals surface area contributed by atoms with Crippen LogP contribution in [0.2, 0.25) is 0 Å². The highest BCUT2D eigenvalue weighted by Gasteiger charge is 2.14. The fraction of sp³-hybridized carbons (Fsp3) is 0.188. The number of para-hydroxylation sites is 1. The van der Waals surface area contributed by atoms with Crippen molar-refractivity contribution in [3.05, 3.63) is 53.0 Å². The number of sulfonamides is 1. The van der Waals surface area contributed by atoms with Crippen LogP contribution in [0.5, 0.6) is 0 Å². The molecule has 0 saturated carbocycles. The van der Waals surface area contributed by atoms with Crippen LogP contribution < -0.4 is 4.83 Å². The molecule has 23 heavy (non-hydrogen) atoms. The van der Waals surface area contributed by atoms with Crippen LogP contribution in [0.15, 0.2) is 51.1 Å². The summed E-state index contributed by atoms with van der Waals surface area (Å²) in [7, 11) is -3.59. The SMILES string of the molecule is CCn1c(C)c(/C=N/NS(=O)(=O)c2cccs2)c2ccccc21. The molecule has 3 rings (SSSR count). The molecule has 2 aromatic heterocycles. The van der Waals surface area contributed by atoms with Gasteiger partial charge in [-0.25, -0.2) is 0 Å². The molecule has 0 amide bonds. The van der Waals surface area contributed by atoms with Crippen molar-refractivity contribution in [3.63, 3.8) is 0 Å². The van der Waals surface area contributed by atoms with E-state index in [1.807, 2.05) is 25.1 Å². The van der Waals surface area contributed by atoms with E-state index in [1.165, 1.54) is 0 Å². The number of fused-ring (bicyclic) bond motifs is 1. The van der Waals surface area contributed by atoms with Crippen LogP contribution >= 0.6 is 11.3 Å². The number of benzene rings is 1. The largest absolute Gasteiger partial charge is 0.344 e. The first-order valence-electron chi connectivity index (χ1n) is 7.21. The maximum absolute atomic E-state index is 12.1. The predicted molar refractivity (Wildman–Crippen MR) is 94.6 cm³/mol. The van der Waals surface area contributed by atoms with E-state index >= 15 is 0 Å².